The summed E-state index contributed by atoms with van der Waals surface area (Å²) in [5, 5.41) is 6.85. The van der Waals surface area contributed by atoms with Gasteiger partial charge in [-0.05, 0) is 43.0 Å². The lowest BCUT2D eigenvalue weighted by Gasteiger charge is -2.40. The molecule has 3 aromatic rings. The molecule has 5 rings (SSSR count). The number of aromatic nitrogens is 2. The maximum atomic E-state index is 13.5. The minimum atomic E-state index is -0.489. The summed E-state index contributed by atoms with van der Waals surface area (Å²) in [7, 11) is 0. The Bertz CT molecular complexity index is 1110. The topological polar surface area (TPSA) is 80.5 Å². The fraction of sp³-hybridized carbons (Fsp3) is 0.348. The van der Waals surface area contributed by atoms with Crippen LogP contribution in [-0.2, 0) is 16.9 Å². The number of carbonyl (C=O) groups excluding carboxylic acids is 1. The number of rotatable bonds is 3. The van der Waals surface area contributed by atoms with Crippen LogP contribution in [0.15, 0.2) is 53.1 Å². The molecule has 7 nitrogen and oxygen atoms in total. The van der Waals surface area contributed by atoms with Gasteiger partial charge < -0.3 is 19.5 Å². The number of benzene rings is 2. The van der Waals surface area contributed by atoms with E-state index in [0.717, 1.165) is 12.8 Å². The minimum Gasteiger partial charge on any atom is -0.364 e. The first-order valence-corrected chi connectivity index (χ1v) is 10.4. The highest BCUT2D eigenvalue weighted by Crippen LogP contribution is 2.42. The predicted molar refractivity (Wildman–Crippen MR) is 110 cm³/mol. The first-order valence-electron chi connectivity index (χ1n) is 10.4. The lowest BCUT2D eigenvalue weighted by Crippen LogP contribution is -2.52. The molecule has 0 radical (unpaired) electrons. The number of hydrogen-bond acceptors (Lipinski definition) is 5. The van der Waals surface area contributed by atoms with Crippen LogP contribution < -0.4 is 5.32 Å². The van der Waals surface area contributed by atoms with Crippen molar-refractivity contribution in [2.75, 3.05) is 13.1 Å². The molecule has 8 heteroatoms. The van der Waals surface area contributed by atoms with Crippen LogP contribution in [-0.4, -0.2) is 34.2 Å². The molecule has 1 saturated heterocycles. The highest BCUT2D eigenvalue weighted by atomic mass is 19.1. The monoisotopic (exact) mass is 422 g/mol. The van der Waals surface area contributed by atoms with Crippen molar-refractivity contribution in [3.63, 3.8) is 0 Å². The number of likely N-dealkylation sites (tertiary alicyclic amines) is 1. The summed E-state index contributed by atoms with van der Waals surface area (Å²) in [5.41, 5.74) is 2.44. The molecule has 0 saturated carbocycles. The predicted octanol–water partition coefficient (Wildman–Crippen LogP) is 4.17. The Balaban J connectivity index is 1.27. The Labute approximate surface area is 179 Å². The van der Waals surface area contributed by atoms with E-state index in [1.165, 1.54) is 23.3 Å². The van der Waals surface area contributed by atoms with Crippen molar-refractivity contribution in [3.05, 3.63) is 71.4 Å². The van der Waals surface area contributed by atoms with E-state index in [1.807, 2.05) is 12.1 Å². The molecular formula is C23H23FN4O3. The number of halogens is 1. The second-order valence-electron chi connectivity index (χ2n) is 8.10. The number of nitrogens with zero attached hydrogens (tertiary/aromatic N) is 3. The van der Waals surface area contributed by atoms with Crippen molar-refractivity contribution in [2.24, 2.45) is 0 Å². The fourth-order valence-corrected chi connectivity index (χ4v) is 4.41. The zero-order valence-corrected chi connectivity index (χ0v) is 17.2. The maximum absolute atomic E-state index is 13.5. The van der Waals surface area contributed by atoms with Gasteiger partial charge in [0.1, 0.15) is 17.5 Å². The number of ether oxygens (including phenoxy) is 1. The fourth-order valence-electron chi connectivity index (χ4n) is 4.41. The molecule has 31 heavy (non-hydrogen) atoms. The van der Waals surface area contributed by atoms with E-state index >= 15 is 0 Å². The molecule has 160 valence electrons. The number of hydrogen-bond donors (Lipinski definition) is 1. The van der Waals surface area contributed by atoms with Gasteiger partial charge in [0, 0.05) is 12.1 Å². The average Bonchev–Trinajstić information content (AvgIpc) is 3.41. The summed E-state index contributed by atoms with van der Waals surface area (Å²) in [5.74, 6) is 0.171. The molecule has 1 fully saturated rings. The van der Waals surface area contributed by atoms with Crippen molar-refractivity contribution >= 4 is 6.03 Å². The zero-order chi connectivity index (χ0) is 21.4. The first kappa shape index (κ1) is 19.7. The summed E-state index contributed by atoms with van der Waals surface area (Å²) in [6.07, 6.45) is 1.75. The van der Waals surface area contributed by atoms with Crippen molar-refractivity contribution in [1.29, 1.82) is 0 Å². The van der Waals surface area contributed by atoms with Crippen molar-refractivity contribution < 1.29 is 18.4 Å². The minimum absolute atomic E-state index is 0.204. The molecule has 3 heterocycles. The molecule has 2 unspecified atom stereocenters. The van der Waals surface area contributed by atoms with Crippen molar-refractivity contribution in [1.82, 2.24) is 20.4 Å². The van der Waals surface area contributed by atoms with Gasteiger partial charge in [-0.25, -0.2) is 9.18 Å². The second kappa shape index (κ2) is 7.77. The Morgan fingerprint density at radius 1 is 1.26 bits per heavy atom. The largest absolute Gasteiger partial charge is 0.364 e. The van der Waals surface area contributed by atoms with Gasteiger partial charge in [0.05, 0.1) is 13.2 Å². The Hall–Kier alpha value is -3.26. The summed E-state index contributed by atoms with van der Waals surface area (Å²) in [6.45, 7) is 3.51. The zero-order valence-electron chi connectivity index (χ0n) is 17.2. The van der Waals surface area contributed by atoms with Crippen molar-refractivity contribution in [2.45, 2.75) is 38.0 Å². The van der Waals surface area contributed by atoms with Crippen LogP contribution in [0.4, 0.5) is 9.18 Å². The first-order chi connectivity index (χ1) is 15.0. The third-order valence-electron chi connectivity index (χ3n) is 5.99. The molecule has 2 aliphatic rings. The third-order valence-corrected chi connectivity index (χ3v) is 5.99. The summed E-state index contributed by atoms with van der Waals surface area (Å²) in [6, 6.07) is 13.5. The number of nitrogens with one attached hydrogen (secondary N) is 1. The van der Waals surface area contributed by atoms with E-state index in [-0.39, 0.29) is 23.6 Å². The van der Waals surface area contributed by atoms with E-state index in [4.69, 9.17) is 9.26 Å². The van der Waals surface area contributed by atoms with Gasteiger partial charge in [0.15, 0.2) is 0 Å². The molecule has 2 aromatic carbocycles. The highest BCUT2D eigenvalue weighted by Gasteiger charge is 2.44. The standard InChI is InChI=1S/C23H23FN4O3/c1-15(21-26-20(27-31-21)16-7-4-8-18(24)12-16)25-22(29)28-11-5-10-23(14-28)19-9-3-2-6-17(19)13-30-23/h2-4,6-9,12,15H,5,10-11,13-14H2,1H3,(H,25,29). The number of fused-ring (bicyclic) bond motifs is 2. The molecule has 0 aliphatic carbocycles. The SMILES string of the molecule is CC(NC(=O)N1CCCC2(C1)OCc1ccccc12)c1nc(-c2cccc(F)c2)no1. The quantitative estimate of drug-likeness (QED) is 0.685. The van der Waals surface area contributed by atoms with Crippen molar-refractivity contribution in [3.8, 4) is 11.4 Å². The molecule has 1 N–H and O–H groups in total. The van der Waals surface area contributed by atoms with Crippen LogP contribution in [0.5, 0.6) is 0 Å². The van der Waals surface area contributed by atoms with Gasteiger partial charge in [0.2, 0.25) is 11.7 Å². The van der Waals surface area contributed by atoms with E-state index in [0.29, 0.717) is 25.3 Å². The Morgan fingerprint density at radius 3 is 3.00 bits per heavy atom. The third kappa shape index (κ3) is 3.67. The molecular weight excluding hydrogens is 399 g/mol. The number of carbonyl (C=O) groups is 1. The van der Waals surface area contributed by atoms with Gasteiger partial charge in [-0.2, -0.15) is 4.98 Å². The van der Waals surface area contributed by atoms with E-state index in [2.05, 4.69) is 27.6 Å². The maximum Gasteiger partial charge on any atom is 0.318 e. The van der Waals surface area contributed by atoms with Crippen LogP contribution in [0.25, 0.3) is 11.4 Å². The van der Waals surface area contributed by atoms with Gasteiger partial charge in [-0.3, -0.25) is 0 Å². The lowest BCUT2D eigenvalue weighted by atomic mass is 9.85. The van der Waals surface area contributed by atoms with Gasteiger partial charge in [-0.1, -0.05) is 41.6 Å². The molecule has 1 aromatic heterocycles. The normalized spacial score (nSPS) is 21.2. The molecule has 2 aliphatic heterocycles. The number of piperidine rings is 1. The van der Waals surface area contributed by atoms with Crippen LogP contribution in [0.1, 0.15) is 42.8 Å². The second-order valence-corrected chi connectivity index (χ2v) is 8.10. The molecule has 1 spiro atoms. The van der Waals surface area contributed by atoms with Crippen LogP contribution in [0, 0.1) is 5.82 Å². The van der Waals surface area contributed by atoms with Gasteiger partial charge in [0.25, 0.3) is 0 Å². The molecule has 2 amide bonds. The lowest BCUT2D eigenvalue weighted by molar-refractivity contribution is -0.0766. The Morgan fingerprint density at radius 2 is 2.13 bits per heavy atom. The van der Waals surface area contributed by atoms with Gasteiger partial charge in [-0.15, -0.1) is 0 Å². The van der Waals surface area contributed by atoms with E-state index < -0.39 is 11.6 Å². The van der Waals surface area contributed by atoms with Crippen LogP contribution in [0.2, 0.25) is 0 Å². The molecule has 0 bridgehead atoms. The summed E-state index contributed by atoms with van der Waals surface area (Å²) < 4.78 is 25.0. The summed E-state index contributed by atoms with van der Waals surface area (Å²) in [4.78, 5) is 19.1. The Kier molecular flexibility index (Phi) is 4.94. The number of urea groups is 1. The average molecular weight is 422 g/mol. The van der Waals surface area contributed by atoms with Gasteiger partial charge >= 0.3 is 6.03 Å². The van der Waals surface area contributed by atoms with E-state index in [1.54, 1.807) is 24.0 Å². The van der Waals surface area contributed by atoms with Crippen LogP contribution >= 0.6 is 0 Å². The summed E-state index contributed by atoms with van der Waals surface area (Å²) >= 11 is 0. The van der Waals surface area contributed by atoms with E-state index in [9.17, 15) is 9.18 Å². The number of amides is 2. The van der Waals surface area contributed by atoms with Crippen LogP contribution in [0.3, 0.4) is 0 Å². The molecule has 2 atom stereocenters. The highest BCUT2D eigenvalue weighted by molar-refractivity contribution is 5.75. The smallest absolute Gasteiger partial charge is 0.318 e.